The predicted molar refractivity (Wildman–Crippen MR) is 53.9 cm³/mol. The van der Waals surface area contributed by atoms with Gasteiger partial charge in [0.25, 0.3) is 0 Å². The molecule has 1 N–H and O–H groups in total. The van der Waals surface area contributed by atoms with E-state index in [2.05, 4.69) is 41.8 Å². The lowest BCUT2D eigenvalue weighted by Gasteiger charge is -2.21. The first-order chi connectivity index (χ1) is 6.06. The average Bonchev–Trinajstić information content (AvgIpc) is 2.72. The van der Waals surface area contributed by atoms with Crippen molar-refractivity contribution in [1.29, 1.82) is 0 Å². The van der Waals surface area contributed by atoms with Crippen LogP contribution in [0.3, 0.4) is 0 Å². The zero-order valence-corrected chi connectivity index (χ0v) is 8.54. The number of imidazole rings is 1. The highest BCUT2D eigenvalue weighted by atomic mass is 15.2. The standard InChI is InChI=1S/C10H17N3/c1-10(2,3)12-9-11-6-7-13(9)8-4-5-8/h6-8H,4-5H2,1-3H3,(H,11,12). The molecule has 1 aliphatic carbocycles. The Morgan fingerprint density at radius 2 is 2.15 bits per heavy atom. The van der Waals surface area contributed by atoms with Crippen molar-refractivity contribution in [2.45, 2.75) is 45.2 Å². The van der Waals surface area contributed by atoms with Crippen molar-refractivity contribution in [2.24, 2.45) is 0 Å². The smallest absolute Gasteiger partial charge is 0.203 e. The third kappa shape index (κ3) is 2.02. The molecule has 2 rings (SSSR count). The van der Waals surface area contributed by atoms with Crippen molar-refractivity contribution >= 4 is 5.95 Å². The third-order valence-corrected chi connectivity index (χ3v) is 2.10. The van der Waals surface area contributed by atoms with Gasteiger partial charge in [-0.1, -0.05) is 0 Å². The van der Waals surface area contributed by atoms with Crippen molar-refractivity contribution in [3.8, 4) is 0 Å². The fraction of sp³-hybridized carbons (Fsp3) is 0.700. The SMILES string of the molecule is CC(C)(C)Nc1nccn1C1CC1. The molecule has 0 aromatic carbocycles. The molecule has 3 heteroatoms. The van der Waals surface area contributed by atoms with Gasteiger partial charge in [0.15, 0.2) is 0 Å². The predicted octanol–water partition coefficient (Wildman–Crippen LogP) is 2.43. The molecule has 1 fully saturated rings. The molecule has 13 heavy (non-hydrogen) atoms. The highest BCUT2D eigenvalue weighted by Crippen LogP contribution is 2.37. The quantitative estimate of drug-likeness (QED) is 0.755. The molecular formula is C10H17N3. The maximum absolute atomic E-state index is 4.31. The van der Waals surface area contributed by atoms with Gasteiger partial charge >= 0.3 is 0 Å². The molecule has 0 bridgehead atoms. The van der Waals surface area contributed by atoms with Gasteiger partial charge < -0.3 is 9.88 Å². The zero-order valence-electron chi connectivity index (χ0n) is 8.54. The van der Waals surface area contributed by atoms with E-state index >= 15 is 0 Å². The lowest BCUT2D eigenvalue weighted by Crippen LogP contribution is -2.28. The van der Waals surface area contributed by atoms with Crippen LogP contribution in [0.1, 0.15) is 39.7 Å². The second kappa shape index (κ2) is 2.76. The zero-order chi connectivity index (χ0) is 9.47. The van der Waals surface area contributed by atoms with Gasteiger partial charge in [-0.15, -0.1) is 0 Å². The Balaban J connectivity index is 2.15. The second-order valence-corrected chi connectivity index (χ2v) is 4.76. The molecule has 0 aliphatic heterocycles. The van der Waals surface area contributed by atoms with Crippen LogP contribution in [0.5, 0.6) is 0 Å². The van der Waals surface area contributed by atoms with Gasteiger partial charge in [-0.25, -0.2) is 4.98 Å². The van der Waals surface area contributed by atoms with Crippen LogP contribution in [0.15, 0.2) is 12.4 Å². The fourth-order valence-corrected chi connectivity index (χ4v) is 1.39. The maximum atomic E-state index is 4.31. The molecule has 0 spiro atoms. The lowest BCUT2D eigenvalue weighted by atomic mass is 10.1. The van der Waals surface area contributed by atoms with Crippen molar-refractivity contribution in [3.63, 3.8) is 0 Å². The summed E-state index contributed by atoms with van der Waals surface area (Å²) in [5.74, 6) is 1.01. The first-order valence-electron chi connectivity index (χ1n) is 4.87. The number of anilines is 1. The van der Waals surface area contributed by atoms with E-state index in [0.717, 1.165) is 5.95 Å². The Kier molecular flexibility index (Phi) is 1.82. The summed E-state index contributed by atoms with van der Waals surface area (Å²) in [4.78, 5) is 4.31. The monoisotopic (exact) mass is 179 g/mol. The largest absolute Gasteiger partial charge is 0.351 e. The van der Waals surface area contributed by atoms with Crippen LogP contribution >= 0.6 is 0 Å². The van der Waals surface area contributed by atoms with Crippen molar-refractivity contribution in [1.82, 2.24) is 9.55 Å². The van der Waals surface area contributed by atoms with Gasteiger partial charge in [-0.05, 0) is 33.6 Å². The average molecular weight is 179 g/mol. The Labute approximate surface area is 79.2 Å². The van der Waals surface area contributed by atoms with Gasteiger partial charge in [0.1, 0.15) is 0 Å². The minimum absolute atomic E-state index is 0.0952. The lowest BCUT2D eigenvalue weighted by molar-refractivity contribution is 0.610. The fourth-order valence-electron chi connectivity index (χ4n) is 1.39. The summed E-state index contributed by atoms with van der Waals surface area (Å²) in [5, 5.41) is 3.40. The van der Waals surface area contributed by atoms with E-state index in [-0.39, 0.29) is 5.54 Å². The van der Waals surface area contributed by atoms with Crippen molar-refractivity contribution in [2.75, 3.05) is 5.32 Å². The van der Waals surface area contributed by atoms with Gasteiger partial charge in [0.05, 0.1) is 0 Å². The van der Waals surface area contributed by atoms with Crippen LogP contribution in [-0.4, -0.2) is 15.1 Å². The first-order valence-corrected chi connectivity index (χ1v) is 4.87. The van der Waals surface area contributed by atoms with Crippen LogP contribution < -0.4 is 5.32 Å². The van der Waals surface area contributed by atoms with E-state index in [4.69, 9.17) is 0 Å². The summed E-state index contributed by atoms with van der Waals surface area (Å²) in [7, 11) is 0. The summed E-state index contributed by atoms with van der Waals surface area (Å²) in [5.41, 5.74) is 0.0952. The number of hydrogen-bond donors (Lipinski definition) is 1. The van der Waals surface area contributed by atoms with Gasteiger partial charge in [-0.2, -0.15) is 0 Å². The minimum atomic E-state index is 0.0952. The highest BCUT2D eigenvalue weighted by Gasteiger charge is 2.26. The summed E-state index contributed by atoms with van der Waals surface area (Å²) >= 11 is 0. The molecule has 0 atom stereocenters. The van der Waals surface area contributed by atoms with E-state index in [1.165, 1.54) is 12.8 Å². The normalized spacial score (nSPS) is 17.5. The van der Waals surface area contributed by atoms with Crippen LogP contribution in [-0.2, 0) is 0 Å². The third-order valence-electron chi connectivity index (χ3n) is 2.10. The molecule has 1 aromatic heterocycles. The first kappa shape index (κ1) is 8.60. The number of nitrogens with one attached hydrogen (secondary N) is 1. The topological polar surface area (TPSA) is 29.9 Å². The van der Waals surface area contributed by atoms with Crippen molar-refractivity contribution < 1.29 is 0 Å². The molecule has 0 amide bonds. The number of hydrogen-bond acceptors (Lipinski definition) is 2. The van der Waals surface area contributed by atoms with E-state index < -0.39 is 0 Å². The minimum Gasteiger partial charge on any atom is -0.351 e. The summed E-state index contributed by atoms with van der Waals surface area (Å²) in [6.07, 6.45) is 6.53. The molecule has 0 saturated heterocycles. The molecule has 1 aromatic rings. The molecule has 0 unspecified atom stereocenters. The Hall–Kier alpha value is -0.990. The number of nitrogens with zero attached hydrogens (tertiary/aromatic N) is 2. The Bertz CT molecular complexity index is 291. The number of aromatic nitrogens is 2. The molecular weight excluding hydrogens is 162 g/mol. The molecule has 1 saturated carbocycles. The molecule has 0 radical (unpaired) electrons. The van der Waals surface area contributed by atoms with Crippen LogP contribution in [0.2, 0.25) is 0 Å². The Morgan fingerprint density at radius 3 is 2.69 bits per heavy atom. The van der Waals surface area contributed by atoms with Gasteiger partial charge in [-0.3, -0.25) is 0 Å². The van der Waals surface area contributed by atoms with Crippen LogP contribution in [0.25, 0.3) is 0 Å². The highest BCUT2D eigenvalue weighted by molar-refractivity contribution is 5.30. The van der Waals surface area contributed by atoms with E-state index in [0.29, 0.717) is 6.04 Å². The van der Waals surface area contributed by atoms with E-state index in [1.807, 2.05) is 6.20 Å². The van der Waals surface area contributed by atoms with Gasteiger partial charge in [0.2, 0.25) is 5.95 Å². The van der Waals surface area contributed by atoms with E-state index in [9.17, 15) is 0 Å². The Morgan fingerprint density at radius 1 is 1.46 bits per heavy atom. The number of rotatable bonds is 2. The second-order valence-electron chi connectivity index (χ2n) is 4.76. The summed E-state index contributed by atoms with van der Waals surface area (Å²) in [6, 6.07) is 0.701. The summed E-state index contributed by atoms with van der Waals surface area (Å²) < 4.78 is 2.24. The molecule has 1 aliphatic rings. The molecule has 1 heterocycles. The van der Waals surface area contributed by atoms with Crippen LogP contribution in [0.4, 0.5) is 5.95 Å². The van der Waals surface area contributed by atoms with Crippen LogP contribution in [0, 0.1) is 0 Å². The van der Waals surface area contributed by atoms with Gasteiger partial charge in [0, 0.05) is 24.0 Å². The van der Waals surface area contributed by atoms with E-state index in [1.54, 1.807) is 0 Å². The molecule has 72 valence electrons. The van der Waals surface area contributed by atoms with Crippen molar-refractivity contribution in [3.05, 3.63) is 12.4 Å². The maximum Gasteiger partial charge on any atom is 0.203 e. The summed E-state index contributed by atoms with van der Waals surface area (Å²) in [6.45, 7) is 6.46. The molecule has 3 nitrogen and oxygen atoms in total.